The minimum absolute atomic E-state index is 0.0903. The first-order valence-corrected chi connectivity index (χ1v) is 11.7. The predicted molar refractivity (Wildman–Crippen MR) is 137 cm³/mol. The zero-order chi connectivity index (χ0) is 24.8. The molecule has 7 nitrogen and oxygen atoms in total. The number of hydrogen-bond acceptors (Lipinski definition) is 4. The van der Waals surface area contributed by atoms with E-state index in [1.807, 2.05) is 42.5 Å². The molecule has 0 aromatic heterocycles. The lowest BCUT2D eigenvalue weighted by Crippen LogP contribution is -2.29. The molecule has 2 aliphatic rings. The number of amides is 4. The molecule has 1 N–H and O–H groups in total. The Morgan fingerprint density at radius 2 is 1.39 bits per heavy atom. The number of fused-ring (bicyclic) bond motifs is 2. The number of carbonyl (C=O) groups excluding carboxylic acids is 4. The normalized spacial score (nSPS) is 17.1. The van der Waals surface area contributed by atoms with E-state index in [-0.39, 0.29) is 30.0 Å². The van der Waals surface area contributed by atoms with Gasteiger partial charge in [0.1, 0.15) is 0 Å². The molecule has 7 heteroatoms. The molecule has 1 atom stereocenters. The summed E-state index contributed by atoms with van der Waals surface area (Å²) >= 11 is 0. The molecule has 0 radical (unpaired) electrons. The van der Waals surface area contributed by atoms with Crippen molar-refractivity contribution in [1.82, 2.24) is 0 Å². The highest BCUT2D eigenvalue weighted by molar-refractivity contribution is 6.34. The molecule has 1 unspecified atom stereocenters. The van der Waals surface area contributed by atoms with Crippen LogP contribution in [0.4, 0.5) is 17.1 Å². The van der Waals surface area contributed by atoms with Crippen LogP contribution in [0.15, 0.2) is 91.0 Å². The Kier molecular flexibility index (Phi) is 5.11. The number of nitrogens with zero attached hydrogens (tertiary/aromatic N) is 2. The van der Waals surface area contributed by atoms with Gasteiger partial charge in [0.25, 0.3) is 11.8 Å². The van der Waals surface area contributed by atoms with Gasteiger partial charge in [0, 0.05) is 24.0 Å². The van der Waals surface area contributed by atoms with Crippen LogP contribution in [0.1, 0.15) is 27.1 Å². The molecule has 4 aromatic carbocycles. The number of carbonyl (C=O) groups is 4. The lowest BCUT2D eigenvalue weighted by atomic mass is 10.1. The number of benzene rings is 4. The Morgan fingerprint density at radius 1 is 0.750 bits per heavy atom. The number of rotatable bonds is 4. The van der Waals surface area contributed by atoms with Crippen LogP contribution in [0, 0.1) is 5.92 Å². The third-order valence-corrected chi connectivity index (χ3v) is 6.74. The third-order valence-electron chi connectivity index (χ3n) is 6.74. The zero-order valence-corrected chi connectivity index (χ0v) is 19.2. The summed E-state index contributed by atoms with van der Waals surface area (Å²) in [5.74, 6) is -1.57. The topological polar surface area (TPSA) is 86.8 Å². The molecule has 4 amide bonds. The van der Waals surface area contributed by atoms with Crippen molar-refractivity contribution in [3.05, 3.63) is 102 Å². The quantitative estimate of drug-likeness (QED) is 0.436. The maximum absolute atomic E-state index is 13.0. The first kappa shape index (κ1) is 21.7. The molecular weight excluding hydrogens is 454 g/mol. The van der Waals surface area contributed by atoms with E-state index in [9.17, 15) is 19.2 Å². The van der Waals surface area contributed by atoms with Gasteiger partial charge in [0.05, 0.1) is 28.4 Å². The van der Waals surface area contributed by atoms with E-state index in [2.05, 4.69) is 5.32 Å². The lowest BCUT2D eigenvalue weighted by molar-refractivity contribution is -0.122. The summed E-state index contributed by atoms with van der Waals surface area (Å²) in [6.07, 6.45) is 0.127. The van der Waals surface area contributed by atoms with Gasteiger partial charge in [-0.1, -0.05) is 48.5 Å². The van der Waals surface area contributed by atoms with Gasteiger partial charge in [0.15, 0.2) is 0 Å². The summed E-state index contributed by atoms with van der Waals surface area (Å²) in [4.78, 5) is 54.0. The largest absolute Gasteiger partial charge is 0.326 e. The smallest absolute Gasteiger partial charge is 0.266 e. The lowest BCUT2D eigenvalue weighted by Gasteiger charge is -2.19. The van der Waals surface area contributed by atoms with E-state index in [0.29, 0.717) is 29.0 Å². The average Bonchev–Trinajstić information content (AvgIpc) is 3.41. The Bertz CT molecular complexity index is 1520. The molecule has 1 fully saturated rings. The number of hydrogen-bond donors (Lipinski definition) is 1. The van der Waals surface area contributed by atoms with Gasteiger partial charge in [-0.25, -0.2) is 4.90 Å². The molecule has 6 rings (SSSR count). The first-order valence-electron chi connectivity index (χ1n) is 11.7. The molecule has 0 aliphatic carbocycles. The maximum atomic E-state index is 13.0. The summed E-state index contributed by atoms with van der Waals surface area (Å²) in [6, 6.07) is 26.9. The highest BCUT2D eigenvalue weighted by Crippen LogP contribution is 2.33. The Balaban J connectivity index is 1.16. The number of imide groups is 1. The van der Waals surface area contributed by atoms with E-state index >= 15 is 0 Å². The van der Waals surface area contributed by atoms with Gasteiger partial charge in [-0.2, -0.15) is 0 Å². The van der Waals surface area contributed by atoms with Gasteiger partial charge in [-0.05, 0) is 47.9 Å². The SMILES string of the molecule is O=C(Nc1ccc(N2C(=O)c3ccccc3C2=O)cc1)C1CC(=O)N(c2cccc3ccccc23)C1. The Hall–Kier alpha value is -4.78. The van der Waals surface area contributed by atoms with E-state index in [4.69, 9.17) is 0 Å². The number of anilines is 3. The van der Waals surface area contributed by atoms with Crippen molar-refractivity contribution in [3.8, 4) is 0 Å². The number of nitrogens with one attached hydrogen (secondary N) is 1. The van der Waals surface area contributed by atoms with E-state index < -0.39 is 5.92 Å². The van der Waals surface area contributed by atoms with Crippen molar-refractivity contribution in [1.29, 1.82) is 0 Å². The highest BCUT2D eigenvalue weighted by atomic mass is 16.2. The van der Waals surface area contributed by atoms with Crippen molar-refractivity contribution in [2.75, 3.05) is 21.7 Å². The van der Waals surface area contributed by atoms with Crippen LogP contribution < -0.4 is 15.1 Å². The predicted octanol–water partition coefficient (Wildman–Crippen LogP) is 4.63. The van der Waals surface area contributed by atoms with Crippen LogP contribution in [0.25, 0.3) is 10.8 Å². The molecule has 0 bridgehead atoms. The monoisotopic (exact) mass is 475 g/mol. The summed E-state index contributed by atoms with van der Waals surface area (Å²) in [7, 11) is 0. The standard InChI is InChI=1S/C29H21N3O4/c33-26-16-19(17-31(26)25-11-5-7-18-6-1-2-8-22(18)25)27(34)30-20-12-14-21(15-13-20)32-28(35)23-9-3-4-10-24(23)29(32)36/h1-15,19H,16-17H2,(H,30,34). The van der Waals surface area contributed by atoms with E-state index in [1.165, 1.54) is 0 Å². The van der Waals surface area contributed by atoms with Gasteiger partial charge in [-0.15, -0.1) is 0 Å². The molecule has 4 aromatic rings. The van der Waals surface area contributed by atoms with Gasteiger partial charge >= 0.3 is 0 Å². The fraction of sp³-hybridized carbons (Fsp3) is 0.103. The van der Waals surface area contributed by atoms with Crippen LogP contribution in [0.5, 0.6) is 0 Å². The second-order valence-electron chi connectivity index (χ2n) is 8.93. The van der Waals surface area contributed by atoms with Gasteiger partial charge < -0.3 is 10.2 Å². The van der Waals surface area contributed by atoms with Crippen molar-refractivity contribution in [2.24, 2.45) is 5.92 Å². The summed E-state index contributed by atoms with van der Waals surface area (Å²) < 4.78 is 0. The third kappa shape index (κ3) is 3.53. The fourth-order valence-electron chi connectivity index (χ4n) is 4.92. The van der Waals surface area contributed by atoms with Crippen molar-refractivity contribution in [2.45, 2.75) is 6.42 Å². The van der Waals surface area contributed by atoms with Gasteiger partial charge in [0.2, 0.25) is 11.8 Å². The summed E-state index contributed by atoms with van der Waals surface area (Å²) in [6.45, 7) is 0.297. The molecule has 2 heterocycles. The first-order chi connectivity index (χ1) is 17.5. The molecule has 1 saturated heterocycles. The summed E-state index contributed by atoms with van der Waals surface area (Å²) in [5.41, 5.74) is 2.51. The van der Waals surface area contributed by atoms with Crippen molar-refractivity contribution >= 4 is 51.5 Å². The maximum Gasteiger partial charge on any atom is 0.266 e. The van der Waals surface area contributed by atoms with Crippen LogP contribution in [0.3, 0.4) is 0 Å². The highest BCUT2D eigenvalue weighted by Gasteiger charge is 2.37. The van der Waals surface area contributed by atoms with Crippen LogP contribution in [-0.4, -0.2) is 30.2 Å². The van der Waals surface area contributed by atoms with Crippen LogP contribution in [-0.2, 0) is 9.59 Å². The Labute approximate surface area is 206 Å². The van der Waals surface area contributed by atoms with Crippen LogP contribution >= 0.6 is 0 Å². The zero-order valence-electron chi connectivity index (χ0n) is 19.2. The van der Waals surface area contributed by atoms with Crippen LogP contribution in [0.2, 0.25) is 0 Å². The average molecular weight is 476 g/mol. The second kappa shape index (κ2) is 8.46. The Morgan fingerprint density at radius 3 is 2.11 bits per heavy atom. The van der Waals surface area contributed by atoms with Crippen molar-refractivity contribution < 1.29 is 19.2 Å². The van der Waals surface area contributed by atoms with Gasteiger partial charge in [-0.3, -0.25) is 19.2 Å². The van der Waals surface area contributed by atoms with Crippen molar-refractivity contribution in [3.63, 3.8) is 0 Å². The molecule has 0 spiro atoms. The summed E-state index contributed by atoms with van der Waals surface area (Å²) in [5, 5.41) is 4.87. The molecule has 176 valence electrons. The molecular formula is C29H21N3O4. The molecule has 0 saturated carbocycles. The molecule has 36 heavy (non-hydrogen) atoms. The minimum Gasteiger partial charge on any atom is -0.326 e. The van der Waals surface area contributed by atoms with E-state index in [0.717, 1.165) is 21.4 Å². The minimum atomic E-state index is -0.493. The second-order valence-corrected chi connectivity index (χ2v) is 8.93. The fourth-order valence-corrected chi connectivity index (χ4v) is 4.92. The van der Waals surface area contributed by atoms with E-state index in [1.54, 1.807) is 53.4 Å². The molecule has 2 aliphatic heterocycles.